The fourth-order valence-electron chi connectivity index (χ4n) is 3.11. The number of aryl methyl sites for hydroxylation is 1. The summed E-state index contributed by atoms with van der Waals surface area (Å²) in [5.41, 5.74) is 1.05. The lowest BCUT2D eigenvalue weighted by molar-refractivity contribution is -0.126. The van der Waals surface area contributed by atoms with Crippen LogP contribution in [0.2, 0.25) is 0 Å². The van der Waals surface area contributed by atoms with Crippen molar-refractivity contribution in [3.05, 3.63) is 23.8 Å². The lowest BCUT2D eigenvalue weighted by Crippen LogP contribution is -2.49. The van der Waals surface area contributed by atoms with Crippen LogP contribution < -0.4 is 5.32 Å². The van der Waals surface area contributed by atoms with E-state index in [1.165, 1.54) is 12.8 Å². The van der Waals surface area contributed by atoms with E-state index in [1.807, 2.05) is 13.8 Å². The summed E-state index contributed by atoms with van der Waals surface area (Å²) in [6.07, 6.45) is 6.64. The predicted molar refractivity (Wildman–Crippen MR) is 82.9 cm³/mol. The zero-order valence-corrected chi connectivity index (χ0v) is 13.5. The Balaban J connectivity index is 1.80. The van der Waals surface area contributed by atoms with Gasteiger partial charge < -0.3 is 5.32 Å². The van der Waals surface area contributed by atoms with Gasteiger partial charge in [0.15, 0.2) is 0 Å². The van der Waals surface area contributed by atoms with E-state index in [4.69, 9.17) is 0 Å². The second-order valence-corrected chi connectivity index (χ2v) is 6.12. The summed E-state index contributed by atoms with van der Waals surface area (Å²) in [7, 11) is 0. The molecule has 0 bridgehead atoms. The normalized spacial score (nSPS) is 24.0. The van der Waals surface area contributed by atoms with Gasteiger partial charge in [-0.1, -0.05) is 0 Å². The van der Waals surface area contributed by atoms with Gasteiger partial charge in [-0.3, -0.25) is 9.69 Å². The second-order valence-electron chi connectivity index (χ2n) is 6.12. The molecule has 2 rings (SSSR count). The van der Waals surface area contributed by atoms with Crippen LogP contribution in [0.15, 0.2) is 12.4 Å². The number of amides is 1. The first kappa shape index (κ1) is 15.9. The largest absolute Gasteiger partial charge is 0.354 e. The third kappa shape index (κ3) is 4.00. The van der Waals surface area contributed by atoms with Gasteiger partial charge in [-0.15, -0.1) is 0 Å². The van der Waals surface area contributed by atoms with Crippen molar-refractivity contribution in [2.24, 2.45) is 0 Å². The minimum absolute atomic E-state index is 0.0727. The van der Waals surface area contributed by atoms with Gasteiger partial charge in [0.1, 0.15) is 5.82 Å². The molecule has 2 heterocycles. The van der Waals surface area contributed by atoms with Gasteiger partial charge >= 0.3 is 0 Å². The van der Waals surface area contributed by atoms with Crippen LogP contribution in [0.5, 0.6) is 0 Å². The van der Waals surface area contributed by atoms with Crippen LogP contribution in [0.25, 0.3) is 0 Å². The first-order valence-electron chi connectivity index (χ1n) is 7.81. The van der Waals surface area contributed by atoms with Crippen LogP contribution in [-0.2, 0) is 11.2 Å². The smallest absolute Gasteiger partial charge is 0.237 e. The lowest BCUT2D eigenvalue weighted by atomic mass is 10.2. The zero-order chi connectivity index (χ0) is 15.4. The molecule has 0 radical (unpaired) electrons. The summed E-state index contributed by atoms with van der Waals surface area (Å²) in [6, 6.07) is 0.902. The molecule has 1 N–H and O–H groups in total. The minimum atomic E-state index is -0.0727. The lowest BCUT2D eigenvalue weighted by Gasteiger charge is -2.31. The van der Waals surface area contributed by atoms with E-state index in [-0.39, 0.29) is 11.9 Å². The van der Waals surface area contributed by atoms with Gasteiger partial charge in [0, 0.05) is 37.4 Å². The fraction of sp³-hybridized carbons (Fsp3) is 0.688. The third-order valence-electron chi connectivity index (χ3n) is 4.33. The fourth-order valence-corrected chi connectivity index (χ4v) is 3.11. The Morgan fingerprint density at radius 3 is 2.48 bits per heavy atom. The summed E-state index contributed by atoms with van der Waals surface area (Å²) < 4.78 is 0. The summed E-state index contributed by atoms with van der Waals surface area (Å²) in [4.78, 5) is 23.1. The number of carbonyl (C=O) groups excluding carboxylic acids is 1. The minimum Gasteiger partial charge on any atom is -0.354 e. The number of nitrogens with zero attached hydrogens (tertiary/aromatic N) is 3. The Kier molecular flexibility index (Phi) is 5.28. The molecule has 3 unspecified atom stereocenters. The van der Waals surface area contributed by atoms with E-state index in [0.717, 1.165) is 11.4 Å². The van der Waals surface area contributed by atoms with Crippen LogP contribution in [0.4, 0.5) is 0 Å². The zero-order valence-electron chi connectivity index (χ0n) is 13.5. The highest BCUT2D eigenvalue weighted by atomic mass is 16.2. The third-order valence-corrected chi connectivity index (χ3v) is 4.33. The van der Waals surface area contributed by atoms with Gasteiger partial charge in [-0.2, -0.15) is 0 Å². The topological polar surface area (TPSA) is 58.1 Å². The summed E-state index contributed by atoms with van der Waals surface area (Å²) in [5, 5.41) is 3.00. The molecular formula is C16H26N4O. The summed E-state index contributed by atoms with van der Waals surface area (Å²) in [5.74, 6) is 0.874. The molecule has 0 spiro atoms. The van der Waals surface area contributed by atoms with Crippen molar-refractivity contribution in [2.45, 2.75) is 65.1 Å². The molecule has 5 nitrogen and oxygen atoms in total. The van der Waals surface area contributed by atoms with Gasteiger partial charge in [-0.05, 0) is 46.1 Å². The number of nitrogens with one attached hydrogen (secondary N) is 1. The number of hydrogen-bond acceptors (Lipinski definition) is 4. The molecule has 0 aromatic carbocycles. The Labute approximate surface area is 127 Å². The van der Waals surface area contributed by atoms with Crippen molar-refractivity contribution in [2.75, 3.05) is 6.54 Å². The maximum atomic E-state index is 12.3. The molecule has 116 valence electrons. The number of hydrogen-bond donors (Lipinski definition) is 1. The van der Waals surface area contributed by atoms with Crippen molar-refractivity contribution < 1.29 is 4.79 Å². The van der Waals surface area contributed by atoms with E-state index in [1.54, 1.807) is 12.4 Å². The van der Waals surface area contributed by atoms with Crippen molar-refractivity contribution >= 4 is 5.91 Å². The highest BCUT2D eigenvalue weighted by molar-refractivity contribution is 5.81. The van der Waals surface area contributed by atoms with Crippen LogP contribution >= 0.6 is 0 Å². The quantitative estimate of drug-likeness (QED) is 0.897. The molecule has 1 aromatic rings. The molecule has 1 fully saturated rings. The highest BCUT2D eigenvalue weighted by Crippen LogP contribution is 2.25. The van der Waals surface area contributed by atoms with E-state index in [2.05, 4.69) is 34.0 Å². The molecule has 1 aliphatic heterocycles. The van der Waals surface area contributed by atoms with Crippen LogP contribution in [0.1, 0.15) is 45.0 Å². The Morgan fingerprint density at radius 2 is 1.90 bits per heavy atom. The van der Waals surface area contributed by atoms with E-state index in [9.17, 15) is 4.79 Å². The Morgan fingerprint density at radius 1 is 1.33 bits per heavy atom. The molecule has 1 aromatic heterocycles. The number of rotatable bonds is 5. The van der Waals surface area contributed by atoms with Crippen LogP contribution in [-0.4, -0.2) is 45.4 Å². The van der Waals surface area contributed by atoms with E-state index < -0.39 is 0 Å². The second kappa shape index (κ2) is 6.98. The number of likely N-dealkylation sites (tertiary alicyclic amines) is 1. The maximum Gasteiger partial charge on any atom is 0.237 e. The molecule has 3 atom stereocenters. The monoisotopic (exact) mass is 290 g/mol. The molecule has 1 saturated heterocycles. The first-order chi connectivity index (χ1) is 9.99. The summed E-state index contributed by atoms with van der Waals surface area (Å²) >= 11 is 0. The highest BCUT2D eigenvalue weighted by Gasteiger charge is 2.34. The first-order valence-corrected chi connectivity index (χ1v) is 7.81. The molecule has 0 aliphatic carbocycles. The van der Waals surface area contributed by atoms with Crippen molar-refractivity contribution in [1.29, 1.82) is 0 Å². The SMILES string of the molecule is Cc1cnc(CCNC(=O)C(C)N2C(C)CCC2C)nc1. The van der Waals surface area contributed by atoms with Crippen molar-refractivity contribution in [1.82, 2.24) is 20.2 Å². The van der Waals surface area contributed by atoms with Crippen molar-refractivity contribution in [3.8, 4) is 0 Å². The van der Waals surface area contributed by atoms with Gasteiger partial charge in [-0.25, -0.2) is 9.97 Å². The van der Waals surface area contributed by atoms with E-state index in [0.29, 0.717) is 25.0 Å². The Bertz CT molecular complexity index is 464. The Hall–Kier alpha value is -1.49. The summed E-state index contributed by atoms with van der Waals surface area (Å²) in [6.45, 7) is 8.95. The molecule has 5 heteroatoms. The molecule has 0 saturated carbocycles. The number of carbonyl (C=O) groups is 1. The van der Waals surface area contributed by atoms with Crippen LogP contribution in [0.3, 0.4) is 0 Å². The molecular weight excluding hydrogens is 264 g/mol. The van der Waals surface area contributed by atoms with Gasteiger partial charge in [0.05, 0.1) is 6.04 Å². The number of aromatic nitrogens is 2. The van der Waals surface area contributed by atoms with Gasteiger partial charge in [0.2, 0.25) is 5.91 Å². The molecule has 21 heavy (non-hydrogen) atoms. The molecule has 1 amide bonds. The maximum absolute atomic E-state index is 12.3. The average Bonchev–Trinajstić information content (AvgIpc) is 2.79. The van der Waals surface area contributed by atoms with Crippen molar-refractivity contribution in [3.63, 3.8) is 0 Å². The van der Waals surface area contributed by atoms with Gasteiger partial charge in [0.25, 0.3) is 0 Å². The standard InChI is InChI=1S/C16H26N4O/c1-11-9-18-15(19-10-11)7-8-17-16(21)14(4)20-12(2)5-6-13(20)3/h9-10,12-14H,5-8H2,1-4H3,(H,17,21). The van der Waals surface area contributed by atoms with E-state index >= 15 is 0 Å². The predicted octanol–water partition coefficient (Wildman–Crippen LogP) is 1.71. The van der Waals surface area contributed by atoms with Crippen LogP contribution in [0, 0.1) is 6.92 Å². The average molecular weight is 290 g/mol. The molecule has 1 aliphatic rings.